The number of aliphatic hydroxyl groups is 3. The van der Waals surface area contributed by atoms with Crippen molar-refractivity contribution in [2.75, 3.05) is 0 Å². The molecule has 3 N–H and O–H groups in total. The minimum Gasteiger partial charge on any atom is -0.389 e. The van der Waals surface area contributed by atoms with Crippen LogP contribution in [0.3, 0.4) is 0 Å². The van der Waals surface area contributed by atoms with E-state index in [2.05, 4.69) is 19.7 Å². The van der Waals surface area contributed by atoms with Crippen LogP contribution in [0.1, 0.15) is 32.6 Å². The van der Waals surface area contributed by atoms with Crippen LogP contribution >= 0.6 is 0 Å². The van der Waals surface area contributed by atoms with Crippen LogP contribution in [-0.4, -0.2) is 33.6 Å². The minimum absolute atomic E-state index is 0.158. The summed E-state index contributed by atoms with van der Waals surface area (Å²) in [6.07, 6.45) is -0.208. The summed E-state index contributed by atoms with van der Waals surface area (Å²) in [4.78, 5) is 0. The summed E-state index contributed by atoms with van der Waals surface area (Å²) >= 11 is 0. The molecule has 4 atom stereocenters. The first kappa shape index (κ1) is 15.2. The molecule has 0 aromatic carbocycles. The Hall–Kier alpha value is -0.900. The molecule has 1 fully saturated rings. The van der Waals surface area contributed by atoms with Crippen molar-refractivity contribution in [3.8, 4) is 0 Å². The van der Waals surface area contributed by atoms with Gasteiger partial charge in [-0.25, -0.2) is 0 Å². The van der Waals surface area contributed by atoms with Crippen molar-refractivity contribution in [3.63, 3.8) is 0 Å². The van der Waals surface area contributed by atoms with Crippen LogP contribution in [0.25, 0.3) is 0 Å². The quantitative estimate of drug-likeness (QED) is 0.625. The van der Waals surface area contributed by atoms with Crippen molar-refractivity contribution < 1.29 is 15.3 Å². The van der Waals surface area contributed by atoms with Crippen LogP contribution in [0.4, 0.5) is 0 Å². The Morgan fingerprint density at radius 1 is 1.06 bits per heavy atom. The fraction of sp³-hybridized carbons (Fsp3) is 0.600. The molecule has 3 nitrogen and oxygen atoms in total. The van der Waals surface area contributed by atoms with Crippen LogP contribution < -0.4 is 0 Å². The van der Waals surface area contributed by atoms with E-state index >= 15 is 0 Å². The van der Waals surface area contributed by atoms with Gasteiger partial charge in [-0.1, -0.05) is 25.3 Å². The van der Waals surface area contributed by atoms with E-state index in [4.69, 9.17) is 0 Å². The number of hydrogen-bond acceptors (Lipinski definition) is 3. The Balaban J connectivity index is 2.87. The van der Waals surface area contributed by atoms with Gasteiger partial charge in [0.2, 0.25) is 0 Å². The highest BCUT2D eigenvalue weighted by Crippen LogP contribution is 2.29. The highest BCUT2D eigenvalue weighted by Gasteiger charge is 2.26. The smallest absolute Gasteiger partial charge is 0.0800 e. The third-order valence-corrected chi connectivity index (χ3v) is 3.79. The van der Waals surface area contributed by atoms with E-state index in [0.29, 0.717) is 18.4 Å². The Labute approximate surface area is 109 Å². The van der Waals surface area contributed by atoms with Crippen LogP contribution in [0.15, 0.2) is 36.5 Å². The molecule has 1 saturated carbocycles. The van der Waals surface area contributed by atoms with Gasteiger partial charge in [0.25, 0.3) is 0 Å². The highest BCUT2D eigenvalue weighted by atomic mass is 16.3. The molecule has 102 valence electrons. The summed E-state index contributed by atoms with van der Waals surface area (Å²) in [5.74, 6) is 0.158. The Bertz CT molecular complexity index is 346. The summed E-state index contributed by atoms with van der Waals surface area (Å²) in [6.45, 7) is 13.5. The van der Waals surface area contributed by atoms with E-state index in [1.54, 1.807) is 0 Å². The fourth-order valence-corrected chi connectivity index (χ4v) is 2.26. The molecule has 0 spiro atoms. The number of allylic oxidation sites excluding steroid dienone is 1. The molecule has 0 aliphatic heterocycles. The lowest BCUT2D eigenvalue weighted by Crippen LogP contribution is -2.29. The number of hydrogen-bond donors (Lipinski definition) is 3. The van der Waals surface area contributed by atoms with Crippen molar-refractivity contribution in [1.29, 1.82) is 0 Å². The molecular formula is C15H24O3. The number of aliphatic hydroxyl groups excluding tert-OH is 3. The molecule has 1 aliphatic carbocycles. The van der Waals surface area contributed by atoms with Gasteiger partial charge in [-0.15, -0.1) is 0 Å². The first-order chi connectivity index (χ1) is 8.32. The zero-order valence-corrected chi connectivity index (χ0v) is 11.1. The molecular weight excluding hydrogens is 228 g/mol. The van der Waals surface area contributed by atoms with Gasteiger partial charge in [0.15, 0.2) is 0 Å². The number of rotatable bonds is 1. The van der Waals surface area contributed by atoms with Gasteiger partial charge in [-0.2, -0.15) is 0 Å². The third kappa shape index (κ3) is 3.80. The predicted octanol–water partition coefficient (Wildman–Crippen LogP) is 1.95. The van der Waals surface area contributed by atoms with E-state index < -0.39 is 18.3 Å². The van der Waals surface area contributed by atoms with Gasteiger partial charge in [-0.05, 0) is 43.3 Å². The summed E-state index contributed by atoms with van der Waals surface area (Å²) in [6, 6.07) is 0. The van der Waals surface area contributed by atoms with Crippen LogP contribution in [0, 0.1) is 5.92 Å². The van der Waals surface area contributed by atoms with Crippen molar-refractivity contribution in [2.45, 2.75) is 50.9 Å². The predicted molar refractivity (Wildman–Crippen MR) is 73.1 cm³/mol. The summed E-state index contributed by atoms with van der Waals surface area (Å²) in [5, 5.41) is 29.8. The lowest BCUT2D eigenvalue weighted by Gasteiger charge is -2.28. The van der Waals surface area contributed by atoms with E-state index in [0.717, 1.165) is 17.6 Å². The van der Waals surface area contributed by atoms with Gasteiger partial charge < -0.3 is 15.3 Å². The topological polar surface area (TPSA) is 60.7 Å². The molecule has 3 heteroatoms. The fourth-order valence-electron chi connectivity index (χ4n) is 2.26. The van der Waals surface area contributed by atoms with Crippen LogP contribution in [-0.2, 0) is 0 Å². The summed E-state index contributed by atoms with van der Waals surface area (Å²) in [7, 11) is 0. The minimum atomic E-state index is -0.893. The molecule has 0 heterocycles. The average molecular weight is 252 g/mol. The summed E-state index contributed by atoms with van der Waals surface area (Å²) in [5.41, 5.74) is 2.10. The molecule has 0 aromatic heterocycles. The maximum atomic E-state index is 10.0. The van der Waals surface area contributed by atoms with Crippen molar-refractivity contribution >= 4 is 0 Å². The molecule has 18 heavy (non-hydrogen) atoms. The molecule has 0 amide bonds. The van der Waals surface area contributed by atoms with Gasteiger partial charge in [0.1, 0.15) is 0 Å². The Morgan fingerprint density at radius 2 is 1.61 bits per heavy atom. The van der Waals surface area contributed by atoms with Crippen LogP contribution in [0.2, 0.25) is 0 Å². The molecule has 0 saturated heterocycles. The SMILES string of the molecule is C=C(C)[C@@H]1CCC(=C)[C@H](O)C[C@@H](O)C(=C)[C@@H](O)C1. The third-order valence-electron chi connectivity index (χ3n) is 3.79. The lowest BCUT2D eigenvalue weighted by molar-refractivity contribution is 0.0842. The zero-order valence-electron chi connectivity index (χ0n) is 11.1. The zero-order chi connectivity index (χ0) is 13.9. The standard InChI is InChI=1S/C15H24O3/c1-9(2)12-6-5-10(3)13(16)8-15(18)11(4)14(17)7-12/h12-18H,1,3-8H2,2H3/t12-,13-,14+,15-/m1/s1. The lowest BCUT2D eigenvalue weighted by atomic mass is 9.83. The van der Waals surface area contributed by atoms with Crippen molar-refractivity contribution in [1.82, 2.24) is 0 Å². The van der Waals surface area contributed by atoms with E-state index in [1.807, 2.05) is 6.92 Å². The largest absolute Gasteiger partial charge is 0.389 e. The second-order valence-electron chi connectivity index (χ2n) is 5.33. The molecule has 0 aromatic rings. The van der Waals surface area contributed by atoms with E-state index in [-0.39, 0.29) is 12.3 Å². The summed E-state index contributed by atoms with van der Waals surface area (Å²) < 4.78 is 0. The average Bonchev–Trinajstić information content (AvgIpc) is 2.30. The van der Waals surface area contributed by atoms with E-state index in [9.17, 15) is 15.3 Å². The highest BCUT2D eigenvalue weighted by molar-refractivity contribution is 5.15. The first-order valence-corrected chi connectivity index (χ1v) is 6.38. The Morgan fingerprint density at radius 3 is 2.17 bits per heavy atom. The van der Waals surface area contributed by atoms with Gasteiger partial charge in [0, 0.05) is 6.42 Å². The second kappa shape index (κ2) is 6.32. The molecule has 1 rings (SSSR count). The van der Waals surface area contributed by atoms with Crippen molar-refractivity contribution in [2.24, 2.45) is 5.92 Å². The van der Waals surface area contributed by atoms with Gasteiger partial charge in [-0.3, -0.25) is 0 Å². The van der Waals surface area contributed by atoms with Crippen LogP contribution in [0.5, 0.6) is 0 Å². The maximum absolute atomic E-state index is 10.0. The second-order valence-corrected chi connectivity index (χ2v) is 5.33. The maximum Gasteiger partial charge on any atom is 0.0800 e. The Kier molecular flexibility index (Phi) is 5.32. The van der Waals surface area contributed by atoms with Gasteiger partial charge >= 0.3 is 0 Å². The first-order valence-electron chi connectivity index (χ1n) is 6.38. The monoisotopic (exact) mass is 252 g/mol. The van der Waals surface area contributed by atoms with Crippen molar-refractivity contribution in [3.05, 3.63) is 36.5 Å². The van der Waals surface area contributed by atoms with Gasteiger partial charge in [0.05, 0.1) is 18.3 Å². The normalized spacial score (nSPS) is 35.3. The molecule has 1 aliphatic rings. The van der Waals surface area contributed by atoms with E-state index in [1.165, 1.54) is 0 Å². The molecule has 0 bridgehead atoms. The molecule has 0 unspecified atom stereocenters. The molecule has 0 radical (unpaired) electrons.